The van der Waals surface area contributed by atoms with Crippen molar-refractivity contribution in [1.82, 2.24) is 4.90 Å². The Balaban J connectivity index is 2.34. The van der Waals surface area contributed by atoms with Gasteiger partial charge >= 0.3 is 0 Å². The number of hydrogen-bond donors (Lipinski definition) is 1. The lowest BCUT2D eigenvalue weighted by Gasteiger charge is -2.26. The molecule has 1 aliphatic heterocycles. The minimum absolute atomic E-state index is 0.250. The van der Waals surface area contributed by atoms with Crippen LogP contribution in [0.15, 0.2) is 4.99 Å². The van der Waals surface area contributed by atoms with Crippen molar-refractivity contribution in [2.75, 3.05) is 26.2 Å². The highest BCUT2D eigenvalue weighted by atomic mass is 16.3. The van der Waals surface area contributed by atoms with E-state index in [9.17, 15) is 5.11 Å². The zero-order valence-electron chi connectivity index (χ0n) is 17.1. The standard InChI is InChI=1S/C22H44N2O/c1-3-5-7-9-10-12-14-16-21(15-13-11-8-6-4-2)22-23-17-18-24(22)19-20-25/h21,25H,3-20H2,1-2H3. The van der Waals surface area contributed by atoms with Crippen molar-refractivity contribution in [3.8, 4) is 0 Å². The number of hydrogen-bond acceptors (Lipinski definition) is 3. The largest absolute Gasteiger partial charge is 0.395 e. The zero-order valence-corrected chi connectivity index (χ0v) is 17.1. The van der Waals surface area contributed by atoms with E-state index in [0.29, 0.717) is 5.92 Å². The van der Waals surface area contributed by atoms with Gasteiger partial charge in [-0.25, -0.2) is 0 Å². The van der Waals surface area contributed by atoms with Crippen molar-refractivity contribution >= 4 is 5.84 Å². The second-order valence-corrected chi connectivity index (χ2v) is 7.76. The van der Waals surface area contributed by atoms with Gasteiger partial charge in [0.15, 0.2) is 0 Å². The molecule has 0 aromatic rings. The van der Waals surface area contributed by atoms with Crippen LogP contribution in [0, 0.1) is 5.92 Å². The number of β-amino-alcohol motifs (C(OH)–C–C–N with tert-alkyl or cyclic N) is 1. The summed E-state index contributed by atoms with van der Waals surface area (Å²) in [5.74, 6) is 1.95. The SMILES string of the molecule is CCCCCCCCCC(CCCCCCC)C1=NCCN1CCO. The molecule has 0 aliphatic carbocycles. The molecule has 0 saturated heterocycles. The minimum Gasteiger partial charge on any atom is -0.395 e. The van der Waals surface area contributed by atoms with Gasteiger partial charge in [0, 0.05) is 19.0 Å². The van der Waals surface area contributed by atoms with E-state index in [1.807, 2.05) is 0 Å². The van der Waals surface area contributed by atoms with Crippen molar-refractivity contribution in [2.24, 2.45) is 10.9 Å². The first-order valence-electron chi connectivity index (χ1n) is 11.2. The second kappa shape index (κ2) is 15.7. The van der Waals surface area contributed by atoms with E-state index in [4.69, 9.17) is 4.99 Å². The first-order valence-corrected chi connectivity index (χ1v) is 11.2. The van der Waals surface area contributed by atoms with Crippen LogP contribution in [0.2, 0.25) is 0 Å². The fourth-order valence-corrected chi connectivity index (χ4v) is 3.98. The quantitative estimate of drug-likeness (QED) is 0.335. The molecule has 0 radical (unpaired) electrons. The molecular weight excluding hydrogens is 308 g/mol. The van der Waals surface area contributed by atoms with Crippen LogP contribution < -0.4 is 0 Å². The summed E-state index contributed by atoms with van der Waals surface area (Å²) in [6.45, 7) is 7.52. The Morgan fingerprint density at radius 2 is 1.36 bits per heavy atom. The molecule has 25 heavy (non-hydrogen) atoms. The van der Waals surface area contributed by atoms with Gasteiger partial charge in [0.25, 0.3) is 0 Å². The Bertz CT molecular complexity index is 330. The van der Waals surface area contributed by atoms with E-state index in [2.05, 4.69) is 18.7 Å². The molecule has 0 aromatic carbocycles. The van der Waals surface area contributed by atoms with Crippen molar-refractivity contribution in [2.45, 2.75) is 104 Å². The van der Waals surface area contributed by atoms with Crippen LogP contribution in [-0.2, 0) is 0 Å². The number of amidine groups is 1. The van der Waals surface area contributed by atoms with Gasteiger partial charge in [0.1, 0.15) is 5.84 Å². The van der Waals surface area contributed by atoms with Gasteiger partial charge in [0.05, 0.1) is 13.2 Å². The fraction of sp³-hybridized carbons (Fsp3) is 0.955. The van der Waals surface area contributed by atoms with Crippen LogP contribution in [-0.4, -0.2) is 42.1 Å². The smallest absolute Gasteiger partial charge is 0.102 e. The first-order chi connectivity index (χ1) is 12.3. The van der Waals surface area contributed by atoms with Crippen molar-refractivity contribution in [3.63, 3.8) is 0 Å². The molecule has 1 N–H and O–H groups in total. The maximum absolute atomic E-state index is 9.32. The van der Waals surface area contributed by atoms with Crippen LogP contribution in [0.4, 0.5) is 0 Å². The third-order valence-corrected chi connectivity index (χ3v) is 5.52. The lowest BCUT2D eigenvalue weighted by molar-refractivity contribution is 0.251. The molecule has 0 amide bonds. The van der Waals surface area contributed by atoms with Crippen LogP contribution in [0.1, 0.15) is 104 Å². The van der Waals surface area contributed by atoms with Gasteiger partial charge in [0.2, 0.25) is 0 Å². The van der Waals surface area contributed by atoms with Gasteiger partial charge in [-0.1, -0.05) is 90.9 Å². The lowest BCUT2D eigenvalue weighted by atomic mass is 9.92. The highest BCUT2D eigenvalue weighted by Gasteiger charge is 2.24. The molecule has 1 atom stereocenters. The monoisotopic (exact) mass is 352 g/mol. The van der Waals surface area contributed by atoms with Gasteiger partial charge in [-0.2, -0.15) is 0 Å². The van der Waals surface area contributed by atoms with Crippen molar-refractivity contribution < 1.29 is 5.11 Å². The van der Waals surface area contributed by atoms with Crippen LogP contribution >= 0.6 is 0 Å². The van der Waals surface area contributed by atoms with Gasteiger partial charge in [-0.3, -0.25) is 4.99 Å². The predicted octanol–water partition coefficient (Wildman–Crippen LogP) is 5.81. The maximum atomic E-state index is 9.32. The summed E-state index contributed by atoms with van der Waals surface area (Å²) in [4.78, 5) is 7.17. The summed E-state index contributed by atoms with van der Waals surface area (Å²) < 4.78 is 0. The van der Waals surface area contributed by atoms with Gasteiger partial charge in [-0.05, 0) is 12.8 Å². The van der Waals surface area contributed by atoms with Crippen molar-refractivity contribution in [3.05, 3.63) is 0 Å². The summed E-state index contributed by atoms with van der Waals surface area (Å²) in [5, 5.41) is 9.32. The number of aliphatic hydroxyl groups is 1. The molecule has 148 valence electrons. The first kappa shape index (κ1) is 22.5. The van der Waals surface area contributed by atoms with E-state index in [0.717, 1.165) is 19.6 Å². The molecule has 0 aromatic heterocycles. The second-order valence-electron chi connectivity index (χ2n) is 7.76. The summed E-state index contributed by atoms with van der Waals surface area (Å²) >= 11 is 0. The summed E-state index contributed by atoms with van der Waals surface area (Å²) in [7, 11) is 0. The van der Waals surface area contributed by atoms with E-state index < -0.39 is 0 Å². The molecule has 0 spiro atoms. The Kier molecular flexibility index (Phi) is 14.1. The number of aliphatic imine (C=N–C) groups is 1. The average Bonchev–Trinajstić information content (AvgIpc) is 3.07. The molecule has 1 rings (SSSR count). The Morgan fingerprint density at radius 3 is 1.88 bits per heavy atom. The molecule has 1 heterocycles. The number of aliphatic hydroxyl groups excluding tert-OH is 1. The molecule has 1 unspecified atom stereocenters. The molecule has 0 saturated carbocycles. The number of rotatable bonds is 17. The Labute approximate surface area is 157 Å². The predicted molar refractivity (Wildman–Crippen MR) is 110 cm³/mol. The lowest BCUT2D eigenvalue weighted by Crippen LogP contribution is -2.35. The fourth-order valence-electron chi connectivity index (χ4n) is 3.98. The Hall–Kier alpha value is -0.570. The van der Waals surface area contributed by atoms with Crippen molar-refractivity contribution in [1.29, 1.82) is 0 Å². The highest BCUT2D eigenvalue weighted by Crippen LogP contribution is 2.24. The van der Waals surface area contributed by atoms with Crippen LogP contribution in [0.3, 0.4) is 0 Å². The van der Waals surface area contributed by atoms with E-state index in [-0.39, 0.29) is 6.61 Å². The van der Waals surface area contributed by atoms with E-state index in [1.54, 1.807) is 0 Å². The topological polar surface area (TPSA) is 35.8 Å². The molecule has 3 heteroatoms. The maximum Gasteiger partial charge on any atom is 0.102 e. The third-order valence-electron chi connectivity index (χ3n) is 5.52. The Morgan fingerprint density at radius 1 is 0.840 bits per heavy atom. The average molecular weight is 353 g/mol. The summed E-state index contributed by atoms with van der Waals surface area (Å²) in [6, 6.07) is 0. The highest BCUT2D eigenvalue weighted by molar-refractivity contribution is 5.86. The zero-order chi connectivity index (χ0) is 18.2. The normalized spacial score (nSPS) is 15.6. The minimum atomic E-state index is 0.250. The molecule has 0 bridgehead atoms. The summed E-state index contributed by atoms with van der Waals surface area (Å²) in [6.07, 6.45) is 19.0. The molecular formula is C22H44N2O. The van der Waals surface area contributed by atoms with Crippen LogP contribution in [0.5, 0.6) is 0 Å². The van der Waals surface area contributed by atoms with Gasteiger partial charge < -0.3 is 10.0 Å². The number of nitrogens with zero attached hydrogens (tertiary/aromatic N) is 2. The van der Waals surface area contributed by atoms with E-state index in [1.165, 1.54) is 95.7 Å². The summed E-state index contributed by atoms with van der Waals surface area (Å²) in [5.41, 5.74) is 0. The molecule has 1 aliphatic rings. The van der Waals surface area contributed by atoms with Gasteiger partial charge in [-0.15, -0.1) is 0 Å². The third kappa shape index (κ3) is 10.2. The number of unbranched alkanes of at least 4 members (excludes halogenated alkanes) is 10. The van der Waals surface area contributed by atoms with Crippen LogP contribution in [0.25, 0.3) is 0 Å². The molecule has 3 nitrogen and oxygen atoms in total. The van der Waals surface area contributed by atoms with E-state index >= 15 is 0 Å². The molecule has 0 fully saturated rings.